The van der Waals surface area contributed by atoms with Crippen LogP contribution in [0.2, 0.25) is 0 Å². The Kier molecular flexibility index (Phi) is 6.27. The lowest BCUT2D eigenvalue weighted by Gasteiger charge is -2.34. The minimum atomic E-state index is -0.511. The van der Waals surface area contributed by atoms with Crippen LogP contribution in [0, 0.1) is 5.41 Å². The quantitative estimate of drug-likeness (QED) is 0.838. The van der Waals surface area contributed by atoms with Gasteiger partial charge in [0.05, 0.1) is 5.41 Å². The fourth-order valence-electron chi connectivity index (χ4n) is 3.70. The molecule has 0 aliphatic carbocycles. The van der Waals surface area contributed by atoms with Crippen LogP contribution < -0.4 is 11.1 Å². The molecular weight excluding hydrogens is 330 g/mol. The Labute approximate surface area is 155 Å². The number of carbonyl (C=O) groups is 2. The lowest BCUT2D eigenvalue weighted by Crippen LogP contribution is -2.48. The molecule has 3 N–H and O–H groups in total. The standard InChI is InChI=1S/C20H29N3O3/c21-15-20(8-12-26-13-9-20)19(25)22-14-16-4-6-17(7-5-16)18(24)23-10-2-1-3-11-23/h4-7H,1-3,8-15,21H2,(H,22,25). The number of benzene rings is 1. The molecule has 2 fully saturated rings. The predicted octanol–water partition coefficient (Wildman–Crippen LogP) is 1.68. The zero-order valence-corrected chi connectivity index (χ0v) is 15.3. The molecule has 2 aliphatic heterocycles. The lowest BCUT2D eigenvalue weighted by atomic mass is 9.79. The molecule has 142 valence electrons. The first-order valence-corrected chi connectivity index (χ1v) is 9.59. The van der Waals surface area contributed by atoms with Crippen molar-refractivity contribution in [3.63, 3.8) is 0 Å². The molecule has 0 spiro atoms. The fourth-order valence-corrected chi connectivity index (χ4v) is 3.70. The zero-order chi connectivity index (χ0) is 18.4. The van der Waals surface area contributed by atoms with Crippen molar-refractivity contribution in [2.45, 2.75) is 38.6 Å². The lowest BCUT2D eigenvalue weighted by molar-refractivity contribution is -0.136. The molecule has 2 amide bonds. The van der Waals surface area contributed by atoms with E-state index in [1.165, 1.54) is 6.42 Å². The van der Waals surface area contributed by atoms with E-state index in [4.69, 9.17) is 10.5 Å². The predicted molar refractivity (Wildman–Crippen MR) is 99.6 cm³/mol. The summed E-state index contributed by atoms with van der Waals surface area (Å²) >= 11 is 0. The van der Waals surface area contributed by atoms with Crippen molar-refractivity contribution in [3.05, 3.63) is 35.4 Å². The zero-order valence-electron chi connectivity index (χ0n) is 15.3. The molecule has 6 heteroatoms. The number of ether oxygens (including phenoxy) is 1. The minimum Gasteiger partial charge on any atom is -0.381 e. The van der Waals surface area contributed by atoms with E-state index in [-0.39, 0.29) is 11.8 Å². The van der Waals surface area contributed by atoms with Crippen molar-refractivity contribution in [2.24, 2.45) is 11.1 Å². The van der Waals surface area contributed by atoms with Gasteiger partial charge >= 0.3 is 0 Å². The largest absolute Gasteiger partial charge is 0.381 e. The second-order valence-corrected chi connectivity index (χ2v) is 7.33. The number of hydrogen-bond donors (Lipinski definition) is 2. The van der Waals surface area contributed by atoms with E-state index in [1.54, 1.807) is 0 Å². The first-order chi connectivity index (χ1) is 12.6. The summed E-state index contributed by atoms with van der Waals surface area (Å²) in [4.78, 5) is 27.0. The SMILES string of the molecule is NCC1(C(=O)NCc2ccc(C(=O)N3CCCCC3)cc2)CCOCC1. The molecule has 0 bridgehead atoms. The van der Waals surface area contributed by atoms with Crippen LogP contribution in [0.5, 0.6) is 0 Å². The normalized spacial score (nSPS) is 19.8. The van der Waals surface area contributed by atoms with Crippen LogP contribution in [0.15, 0.2) is 24.3 Å². The van der Waals surface area contributed by atoms with Gasteiger partial charge < -0.3 is 20.7 Å². The van der Waals surface area contributed by atoms with Crippen molar-refractivity contribution in [2.75, 3.05) is 32.8 Å². The molecule has 3 rings (SSSR count). The van der Waals surface area contributed by atoms with Crippen LogP contribution in [0.3, 0.4) is 0 Å². The summed E-state index contributed by atoms with van der Waals surface area (Å²) in [5.74, 6) is 0.0985. The van der Waals surface area contributed by atoms with Crippen molar-refractivity contribution in [3.8, 4) is 0 Å². The molecule has 0 atom stereocenters. The van der Waals surface area contributed by atoms with Gasteiger partial charge in [0.15, 0.2) is 0 Å². The van der Waals surface area contributed by atoms with E-state index in [2.05, 4.69) is 5.32 Å². The highest BCUT2D eigenvalue weighted by Gasteiger charge is 2.38. The molecular formula is C20H29N3O3. The van der Waals surface area contributed by atoms with E-state index in [0.717, 1.165) is 31.5 Å². The molecule has 1 aromatic rings. The smallest absolute Gasteiger partial charge is 0.253 e. The molecule has 6 nitrogen and oxygen atoms in total. The topological polar surface area (TPSA) is 84.7 Å². The molecule has 26 heavy (non-hydrogen) atoms. The molecule has 2 heterocycles. The Morgan fingerprint density at radius 1 is 1.08 bits per heavy atom. The Hall–Kier alpha value is -1.92. The van der Waals surface area contributed by atoms with Crippen LogP contribution >= 0.6 is 0 Å². The summed E-state index contributed by atoms with van der Waals surface area (Å²) < 4.78 is 5.35. The van der Waals surface area contributed by atoms with Gasteiger partial charge in [0, 0.05) is 45.0 Å². The maximum Gasteiger partial charge on any atom is 0.253 e. The third kappa shape index (κ3) is 4.24. The molecule has 0 aromatic heterocycles. The number of hydrogen-bond acceptors (Lipinski definition) is 4. The van der Waals surface area contributed by atoms with Gasteiger partial charge in [0.25, 0.3) is 5.91 Å². The number of nitrogens with one attached hydrogen (secondary N) is 1. The Morgan fingerprint density at radius 3 is 2.35 bits per heavy atom. The maximum absolute atomic E-state index is 12.6. The number of amides is 2. The first-order valence-electron chi connectivity index (χ1n) is 9.59. The second kappa shape index (κ2) is 8.64. The van der Waals surface area contributed by atoms with Gasteiger partial charge in [-0.3, -0.25) is 9.59 Å². The Balaban J connectivity index is 1.55. The Morgan fingerprint density at radius 2 is 1.73 bits per heavy atom. The van der Waals surface area contributed by atoms with Crippen LogP contribution in [0.4, 0.5) is 0 Å². The van der Waals surface area contributed by atoms with E-state index >= 15 is 0 Å². The van der Waals surface area contributed by atoms with Crippen molar-refractivity contribution >= 4 is 11.8 Å². The highest BCUT2D eigenvalue weighted by molar-refractivity contribution is 5.94. The molecule has 2 aliphatic rings. The van der Waals surface area contributed by atoms with Crippen LogP contribution in [-0.2, 0) is 16.1 Å². The van der Waals surface area contributed by atoms with Gasteiger partial charge in [-0.25, -0.2) is 0 Å². The summed E-state index contributed by atoms with van der Waals surface area (Å²) in [5, 5.41) is 3.00. The van der Waals surface area contributed by atoms with Gasteiger partial charge in [-0.2, -0.15) is 0 Å². The Bertz CT molecular complexity index is 618. The highest BCUT2D eigenvalue weighted by atomic mass is 16.5. The van der Waals surface area contributed by atoms with Crippen LogP contribution in [-0.4, -0.2) is 49.6 Å². The summed E-state index contributed by atoms with van der Waals surface area (Å²) in [5.41, 5.74) is 7.05. The van der Waals surface area contributed by atoms with Gasteiger partial charge in [-0.1, -0.05) is 12.1 Å². The molecule has 1 aromatic carbocycles. The van der Waals surface area contributed by atoms with E-state index < -0.39 is 5.41 Å². The third-order valence-electron chi connectivity index (χ3n) is 5.62. The monoisotopic (exact) mass is 359 g/mol. The summed E-state index contributed by atoms with van der Waals surface area (Å²) in [6.07, 6.45) is 4.71. The minimum absolute atomic E-state index is 0.00299. The van der Waals surface area contributed by atoms with Crippen molar-refractivity contribution in [1.82, 2.24) is 10.2 Å². The number of carbonyl (C=O) groups excluding carboxylic acids is 2. The molecule has 0 saturated carbocycles. The first kappa shape index (κ1) is 18.9. The number of nitrogens with two attached hydrogens (primary N) is 1. The van der Waals surface area contributed by atoms with Crippen molar-refractivity contribution < 1.29 is 14.3 Å². The third-order valence-corrected chi connectivity index (χ3v) is 5.62. The highest BCUT2D eigenvalue weighted by Crippen LogP contribution is 2.29. The van der Waals surface area contributed by atoms with E-state index in [1.807, 2.05) is 29.2 Å². The van der Waals surface area contributed by atoms with Gasteiger partial charge in [0.2, 0.25) is 5.91 Å². The van der Waals surface area contributed by atoms with Crippen molar-refractivity contribution in [1.29, 1.82) is 0 Å². The average Bonchev–Trinajstić information content (AvgIpc) is 2.73. The number of rotatable bonds is 5. The van der Waals surface area contributed by atoms with Gasteiger partial charge in [-0.15, -0.1) is 0 Å². The van der Waals surface area contributed by atoms with Crippen LogP contribution in [0.1, 0.15) is 48.0 Å². The second-order valence-electron chi connectivity index (χ2n) is 7.33. The summed E-state index contributed by atoms with van der Waals surface area (Å²) in [6.45, 7) is 3.64. The number of piperidine rings is 1. The number of likely N-dealkylation sites (tertiary alicyclic amines) is 1. The fraction of sp³-hybridized carbons (Fsp3) is 0.600. The van der Waals surface area contributed by atoms with E-state index in [0.29, 0.717) is 44.7 Å². The summed E-state index contributed by atoms with van der Waals surface area (Å²) in [7, 11) is 0. The molecule has 0 radical (unpaired) electrons. The number of nitrogens with zero attached hydrogens (tertiary/aromatic N) is 1. The maximum atomic E-state index is 12.6. The van der Waals surface area contributed by atoms with Gasteiger partial charge in [0.1, 0.15) is 0 Å². The molecule has 0 unspecified atom stereocenters. The average molecular weight is 359 g/mol. The van der Waals surface area contributed by atoms with E-state index in [9.17, 15) is 9.59 Å². The van der Waals surface area contributed by atoms with Crippen LogP contribution in [0.25, 0.3) is 0 Å². The molecule has 2 saturated heterocycles. The van der Waals surface area contributed by atoms with Gasteiger partial charge in [-0.05, 0) is 49.8 Å². The summed E-state index contributed by atoms with van der Waals surface area (Å²) in [6, 6.07) is 7.53.